The predicted molar refractivity (Wildman–Crippen MR) is 104 cm³/mol. The predicted octanol–water partition coefficient (Wildman–Crippen LogP) is 3.32. The standard InChI is InChI=1S/C21H24F3N5O/c22-21(23,24)16-4-11(6-26-20(16)25)17-5-18(29(27-17)12-2-1-3-12)19-14-7-28(8-15(14)19)13-9-30-10-13/h4-6,12-15,19H,1-3,7-10H2,(H2,25,26)/t14-,15+,19-. The molecule has 0 aromatic carbocycles. The van der Waals surface area contributed by atoms with Gasteiger partial charge in [0.15, 0.2) is 0 Å². The zero-order valence-corrected chi connectivity index (χ0v) is 16.5. The van der Waals surface area contributed by atoms with Crippen LogP contribution in [0.25, 0.3) is 11.3 Å². The lowest BCUT2D eigenvalue weighted by Crippen LogP contribution is -2.48. The molecule has 6 rings (SSSR count). The van der Waals surface area contributed by atoms with Crippen LogP contribution in [0.15, 0.2) is 18.3 Å². The van der Waals surface area contributed by atoms with Gasteiger partial charge in [0.2, 0.25) is 0 Å². The summed E-state index contributed by atoms with van der Waals surface area (Å²) < 4.78 is 47.3. The molecule has 2 aromatic rings. The summed E-state index contributed by atoms with van der Waals surface area (Å²) in [5.41, 5.74) is 6.68. The number of hydrogen-bond acceptors (Lipinski definition) is 5. The van der Waals surface area contributed by atoms with Crippen molar-refractivity contribution in [3.05, 3.63) is 29.6 Å². The third-order valence-electron chi connectivity index (χ3n) is 7.41. The first-order chi connectivity index (χ1) is 14.4. The molecule has 6 nitrogen and oxygen atoms in total. The fourth-order valence-corrected chi connectivity index (χ4v) is 5.30. The number of fused-ring (bicyclic) bond motifs is 1. The van der Waals surface area contributed by atoms with Crippen LogP contribution >= 0.6 is 0 Å². The molecule has 0 amide bonds. The number of piperidine rings is 1. The number of rotatable bonds is 4. The van der Waals surface area contributed by atoms with Gasteiger partial charge in [0.25, 0.3) is 0 Å². The lowest BCUT2D eigenvalue weighted by atomic mass is 9.93. The number of likely N-dealkylation sites (tertiary alicyclic amines) is 1. The highest BCUT2D eigenvalue weighted by Crippen LogP contribution is 2.59. The van der Waals surface area contributed by atoms with Gasteiger partial charge in [0, 0.05) is 36.5 Å². The van der Waals surface area contributed by atoms with Crippen LogP contribution in [0.2, 0.25) is 0 Å². The Morgan fingerprint density at radius 1 is 1.07 bits per heavy atom. The summed E-state index contributed by atoms with van der Waals surface area (Å²) in [7, 11) is 0. The summed E-state index contributed by atoms with van der Waals surface area (Å²) in [5, 5.41) is 4.76. The molecule has 0 spiro atoms. The molecule has 2 aliphatic heterocycles. The summed E-state index contributed by atoms with van der Waals surface area (Å²) >= 11 is 0. The summed E-state index contributed by atoms with van der Waals surface area (Å²) in [6.07, 6.45) is 0.196. The van der Waals surface area contributed by atoms with Crippen LogP contribution in [0.5, 0.6) is 0 Å². The van der Waals surface area contributed by atoms with Crippen LogP contribution in [0, 0.1) is 11.8 Å². The maximum atomic E-state index is 13.3. The zero-order chi connectivity index (χ0) is 20.6. The number of halogens is 3. The molecule has 3 atom stereocenters. The molecule has 4 heterocycles. The van der Waals surface area contributed by atoms with E-state index in [0.717, 1.165) is 45.2 Å². The molecule has 4 fully saturated rings. The SMILES string of the molecule is Nc1ncc(-c2cc([C@@H]3[C@@H]4CN(C5COC5)C[C@@H]43)n(C3CCC3)n2)cc1C(F)(F)F. The van der Waals surface area contributed by atoms with Crippen molar-refractivity contribution in [3.8, 4) is 11.3 Å². The molecule has 4 aliphatic rings. The van der Waals surface area contributed by atoms with Crippen molar-refractivity contribution in [2.24, 2.45) is 11.8 Å². The van der Waals surface area contributed by atoms with E-state index < -0.39 is 17.6 Å². The summed E-state index contributed by atoms with van der Waals surface area (Å²) in [6.45, 7) is 3.83. The number of nitrogens with zero attached hydrogens (tertiary/aromatic N) is 4. The quantitative estimate of drug-likeness (QED) is 0.824. The van der Waals surface area contributed by atoms with E-state index in [9.17, 15) is 13.2 Å². The van der Waals surface area contributed by atoms with E-state index in [0.29, 0.717) is 41.1 Å². The maximum Gasteiger partial charge on any atom is 0.419 e. The van der Waals surface area contributed by atoms with E-state index in [2.05, 4.69) is 14.6 Å². The van der Waals surface area contributed by atoms with Gasteiger partial charge in [-0.25, -0.2) is 4.98 Å². The molecular formula is C21H24F3N5O. The second-order valence-corrected chi connectivity index (χ2v) is 9.14. The van der Waals surface area contributed by atoms with Crippen molar-refractivity contribution in [2.45, 2.75) is 43.4 Å². The molecule has 2 aromatic heterocycles. The molecule has 160 valence electrons. The Bertz CT molecular complexity index is 970. The number of hydrogen-bond donors (Lipinski definition) is 1. The van der Waals surface area contributed by atoms with E-state index in [1.54, 1.807) is 0 Å². The molecule has 2 N–H and O–H groups in total. The van der Waals surface area contributed by atoms with Crippen LogP contribution in [0.1, 0.15) is 42.5 Å². The Labute approximate surface area is 172 Å². The van der Waals surface area contributed by atoms with Crippen molar-refractivity contribution in [1.82, 2.24) is 19.7 Å². The molecule has 2 saturated heterocycles. The molecule has 2 saturated carbocycles. The fraction of sp³-hybridized carbons (Fsp3) is 0.619. The van der Waals surface area contributed by atoms with E-state index in [4.69, 9.17) is 15.6 Å². The minimum absolute atomic E-state index is 0.357. The zero-order valence-electron chi connectivity index (χ0n) is 16.5. The number of anilines is 1. The number of aromatic nitrogens is 3. The molecule has 30 heavy (non-hydrogen) atoms. The monoisotopic (exact) mass is 419 g/mol. The van der Waals surface area contributed by atoms with Gasteiger partial charge in [0.05, 0.1) is 36.6 Å². The lowest BCUT2D eigenvalue weighted by molar-refractivity contribution is -0.137. The number of ether oxygens (including phenoxy) is 1. The second kappa shape index (κ2) is 6.43. The van der Waals surface area contributed by atoms with E-state index in [1.165, 1.54) is 18.3 Å². The smallest absolute Gasteiger partial charge is 0.383 e. The normalized spacial score (nSPS) is 29.5. The number of pyridine rings is 1. The maximum absolute atomic E-state index is 13.3. The summed E-state index contributed by atoms with van der Waals surface area (Å²) in [4.78, 5) is 6.32. The van der Waals surface area contributed by atoms with Crippen LogP contribution in [0.4, 0.5) is 19.0 Å². The van der Waals surface area contributed by atoms with Gasteiger partial charge in [-0.05, 0) is 43.2 Å². The Balaban J connectivity index is 1.30. The van der Waals surface area contributed by atoms with Crippen molar-refractivity contribution < 1.29 is 17.9 Å². The van der Waals surface area contributed by atoms with E-state index >= 15 is 0 Å². The van der Waals surface area contributed by atoms with Gasteiger partial charge < -0.3 is 10.5 Å². The third-order valence-corrected chi connectivity index (χ3v) is 7.41. The molecular weight excluding hydrogens is 395 g/mol. The summed E-state index contributed by atoms with van der Waals surface area (Å²) in [6, 6.07) is 3.99. The van der Waals surface area contributed by atoms with Gasteiger partial charge in [-0.3, -0.25) is 9.58 Å². The minimum atomic E-state index is -4.53. The first-order valence-corrected chi connectivity index (χ1v) is 10.6. The van der Waals surface area contributed by atoms with E-state index in [-0.39, 0.29) is 0 Å². The van der Waals surface area contributed by atoms with Gasteiger partial charge in [0.1, 0.15) is 5.82 Å². The summed E-state index contributed by atoms with van der Waals surface area (Å²) in [5.74, 6) is 1.18. The van der Waals surface area contributed by atoms with Crippen molar-refractivity contribution in [2.75, 3.05) is 32.0 Å². The van der Waals surface area contributed by atoms with Gasteiger partial charge in [-0.1, -0.05) is 0 Å². The van der Waals surface area contributed by atoms with Crippen molar-refractivity contribution in [3.63, 3.8) is 0 Å². The highest BCUT2D eigenvalue weighted by atomic mass is 19.4. The Morgan fingerprint density at radius 3 is 2.37 bits per heavy atom. The van der Waals surface area contributed by atoms with Crippen molar-refractivity contribution >= 4 is 5.82 Å². The largest absolute Gasteiger partial charge is 0.419 e. The Morgan fingerprint density at radius 2 is 1.80 bits per heavy atom. The number of nitrogen functional groups attached to an aromatic ring is 1. The molecule has 0 bridgehead atoms. The first kappa shape index (κ1) is 18.6. The van der Waals surface area contributed by atoms with Crippen LogP contribution in [-0.2, 0) is 10.9 Å². The Hall–Kier alpha value is -2.13. The van der Waals surface area contributed by atoms with Gasteiger partial charge in [-0.15, -0.1) is 0 Å². The van der Waals surface area contributed by atoms with E-state index in [1.807, 2.05) is 6.07 Å². The lowest BCUT2D eigenvalue weighted by Gasteiger charge is -2.36. The minimum Gasteiger partial charge on any atom is -0.383 e. The molecule has 0 radical (unpaired) electrons. The third kappa shape index (κ3) is 2.85. The van der Waals surface area contributed by atoms with Crippen molar-refractivity contribution in [1.29, 1.82) is 0 Å². The first-order valence-electron chi connectivity index (χ1n) is 10.6. The number of nitrogens with two attached hydrogens (primary N) is 1. The number of alkyl halides is 3. The van der Waals surface area contributed by atoms with Crippen LogP contribution in [-0.4, -0.2) is 52.0 Å². The highest BCUT2D eigenvalue weighted by molar-refractivity contribution is 5.63. The van der Waals surface area contributed by atoms with Gasteiger partial charge in [-0.2, -0.15) is 18.3 Å². The molecule has 2 aliphatic carbocycles. The average Bonchev–Trinajstić information content (AvgIpc) is 2.94. The van der Waals surface area contributed by atoms with Crippen LogP contribution < -0.4 is 5.73 Å². The fourth-order valence-electron chi connectivity index (χ4n) is 5.30. The topological polar surface area (TPSA) is 69.2 Å². The Kier molecular flexibility index (Phi) is 3.99. The molecule has 9 heteroatoms. The second-order valence-electron chi connectivity index (χ2n) is 9.14. The highest BCUT2D eigenvalue weighted by Gasteiger charge is 2.59. The van der Waals surface area contributed by atoms with Crippen LogP contribution in [0.3, 0.4) is 0 Å². The molecule has 0 unspecified atom stereocenters. The van der Waals surface area contributed by atoms with Gasteiger partial charge >= 0.3 is 6.18 Å². The average molecular weight is 419 g/mol.